The Labute approximate surface area is 167 Å². The van der Waals surface area contributed by atoms with Crippen LogP contribution in [-0.2, 0) is 0 Å². The van der Waals surface area contributed by atoms with Gasteiger partial charge in [-0.25, -0.2) is 0 Å². The Morgan fingerprint density at radius 3 is 2.29 bits per heavy atom. The Kier molecular flexibility index (Phi) is 4.66. The summed E-state index contributed by atoms with van der Waals surface area (Å²) < 4.78 is 0. The highest BCUT2D eigenvalue weighted by molar-refractivity contribution is 5.85. The van der Waals surface area contributed by atoms with Gasteiger partial charge in [0.05, 0.1) is 0 Å². The molecule has 3 aliphatic rings. The first-order chi connectivity index (χ1) is 13.7. The zero-order valence-corrected chi connectivity index (χ0v) is 16.5. The van der Waals surface area contributed by atoms with Crippen molar-refractivity contribution in [1.29, 1.82) is 0 Å². The van der Waals surface area contributed by atoms with Crippen LogP contribution < -0.4 is 0 Å². The fourth-order valence-corrected chi connectivity index (χ4v) is 6.17. The maximum Gasteiger partial charge on any atom is 0.115 e. The number of hydrogen-bond donors (Lipinski definition) is 2. The molecule has 2 nitrogen and oxygen atoms in total. The molecular weight excluding hydrogens is 344 g/mol. The van der Waals surface area contributed by atoms with Crippen LogP contribution >= 0.6 is 0 Å². The smallest absolute Gasteiger partial charge is 0.115 e. The Morgan fingerprint density at radius 2 is 1.50 bits per heavy atom. The van der Waals surface area contributed by atoms with Crippen LogP contribution in [0, 0.1) is 11.8 Å². The minimum Gasteiger partial charge on any atom is -0.508 e. The van der Waals surface area contributed by atoms with Gasteiger partial charge in [0, 0.05) is 0 Å². The van der Waals surface area contributed by atoms with Crippen molar-refractivity contribution >= 4 is 5.57 Å². The highest BCUT2D eigenvalue weighted by Crippen LogP contribution is 2.52. The van der Waals surface area contributed by atoms with Gasteiger partial charge >= 0.3 is 0 Å². The highest BCUT2D eigenvalue weighted by Gasteiger charge is 2.37. The monoisotopic (exact) mass is 374 g/mol. The lowest BCUT2D eigenvalue weighted by molar-refractivity contribution is 0.473. The van der Waals surface area contributed by atoms with E-state index in [-0.39, 0.29) is 0 Å². The van der Waals surface area contributed by atoms with Gasteiger partial charge in [0.25, 0.3) is 0 Å². The SMILES string of the molecule is Oc1ccc(C(=C2CCC3CCCC23)c2ccc(O)cc2C2CCCC2)cc1. The molecule has 146 valence electrons. The summed E-state index contributed by atoms with van der Waals surface area (Å²) in [7, 11) is 0. The Balaban J connectivity index is 1.71. The quantitative estimate of drug-likeness (QED) is 0.622. The van der Waals surface area contributed by atoms with Gasteiger partial charge in [-0.15, -0.1) is 0 Å². The van der Waals surface area contributed by atoms with E-state index < -0.39 is 0 Å². The normalized spacial score (nSPS) is 26.6. The van der Waals surface area contributed by atoms with Crippen LogP contribution in [0.2, 0.25) is 0 Å². The molecule has 5 rings (SSSR count). The van der Waals surface area contributed by atoms with Crippen molar-refractivity contribution in [2.45, 2.75) is 63.7 Å². The molecule has 0 radical (unpaired) electrons. The molecule has 28 heavy (non-hydrogen) atoms. The van der Waals surface area contributed by atoms with Crippen LogP contribution in [0.4, 0.5) is 0 Å². The predicted molar refractivity (Wildman–Crippen MR) is 114 cm³/mol. The van der Waals surface area contributed by atoms with E-state index in [4.69, 9.17) is 0 Å². The van der Waals surface area contributed by atoms with E-state index in [9.17, 15) is 10.2 Å². The van der Waals surface area contributed by atoms with Crippen molar-refractivity contribution < 1.29 is 10.2 Å². The third-order valence-electron chi connectivity index (χ3n) is 7.47. The summed E-state index contributed by atoms with van der Waals surface area (Å²) in [5.41, 5.74) is 6.87. The standard InChI is InChI=1S/C26H30O2/c27-20-11-8-19(9-12-20)26(23-14-10-18-6-3-7-22(18)23)24-15-13-21(28)16-25(24)17-4-1-2-5-17/h8-9,11-13,15-18,22,27-28H,1-7,10,14H2. The third kappa shape index (κ3) is 3.13. The Hall–Kier alpha value is -2.22. The first-order valence-electron chi connectivity index (χ1n) is 11.1. The summed E-state index contributed by atoms with van der Waals surface area (Å²) >= 11 is 0. The molecule has 0 aliphatic heterocycles. The molecule has 2 aromatic rings. The zero-order valence-electron chi connectivity index (χ0n) is 16.5. The molecule has 2 N–H and O–H groups in total. The second-order valence-electron chi connectivity index (χ2n) is 9.04. The summed E-state index contributed by atoms with van der Waals surface area (Å²) in [6.45, 7) is 0. The molecular formula is C26H30O2. The number of hydrogen-bond acceptors (Lipinski definition) is 2. The lowest BCUT2D eigenvalue weighted by Gasteiger charge is -2.23. The lowest BCUT2D eigenvalue weighted by Crippen LogP contribution is -2.06. The predicted octanol–water partition coefficient (Wildman–Crippen LogP) is 6.77. The van der Waals surface area contributed by atoms with E-state index in [2.05, 4.69) is 18.2 Å². The van der Waals surface area contributed by atoms with Crippen LogP contribution in [0.15, 0.2) is 48.0 Å². The van der Waals surface area contributed by atoms with E-state index >= 15 is 0 Å². The number of phenolic OH excluding ortho intramolecular Hbond substituents is 2. The number of fused-ring (bicyclic) bond motifs is 1. The van der Waals surface area contributed by atoms with Crippen molar-refractivity contribution in [3.05, 3.63) is 64.7 Å². The Bertz CT molecular complexity index is 887. The van der Waals surface area contributed by atoms with Gasteiger partial charge in [-0.2, -0.15) is 0 Å². The molecule has 2 aromatic carbocycles. The van der Waals surface area contributed by atoms with Gasteiger partial charge in [-0.05, 0) is 103 Å². The zero-order chi connectivity index (χ0) is 19.1. The van der Waals surface area contributed by atoms with Crippen molar-refractivity contribution in [3.8, 4) is 11.5 Å². The molecule has 0 amide bonds. The van der Waals surface area contributed by atoms with Gasteiger partial charge in [-0.3, -0.25) is 0 Å². The fraction of sp³-hybridized carbons (Fsp3) is 0.462. The molecule has 0 saturated heterocycles. The number of aromatic hydroxyl groups is 2. The number of benzene rings is 2. The molecule has 3 fully saturated rings. The molecule has 2 heteroatoms. The summed E-state index contributed by atoms with van der Waals surface area (Å²) in [4.78, 5) is 0. The average molecular weight is 375 g/mol. The molecule has 0 heterocycles. The lowest BCUT2D eigenvalue weighted by atomic mass is 9.81. The molecule has 2 atom stereocenters. The van der Waals surface area contributed by atoms with Crippen LogP contribution in [0.3, 0.4) is 0 Å². The van der Waals surface area contributed by atoms with Gasteiger partial charge in [-0.1, -0.05) is 43.0 Å². The van der Waals surface area contributed by atoms with Crippen LogP contribution in [0.5, 0.6) is 11.5 Å². The summed E-state index contributed by atoms with van der Waals surface area (Å²) in [5, 5.41) is 20.1. The van der Waals surface area contributed by atoms with E-state index in [1.165, 1.54) is 80.1 Å². The number of phenols is 2. The van der Waals surface area contributed by atoms with Crippen molar-refractivity contribution in [2.24, 2.45) is 11.8 Å². The summed E-state index contributed by atoms with van der Waals surface area (Å²) in [6, 6.07) is 13.8. The van der Waals surface area contributed by atoms with E-state index in [1.54, 1.807) is 5.57 Å². The van der Waals surface area contributed by atoms with Gasteiger partial charge in [0.2, 0.25) is 0 Å². The molecule has 0 spiro atoms. The van der Waals surface area contributed by atoms with Crippen molar-refractivity contribution in [2.75, 3.05) is 0 Å². The maximum atomic E-state index is 10.3. The number of rotatable bonds is 3. The second kappa shape index (κ2) is 7.31. The largest absolute Gasteiger partial charge is 0.508 e. The van der Waals surface area contributed by atoms with Gasteiger partial charge < -0.3 is 10.2 Å². The first kappa shape index (κ1) is 17.8. The summed E-state index contributed by atoms with van der Waals surface area (Å²) in [6.07, 6.45) is 11.6. The molecule has 3 saturated carbocycles. The minimum absolute atomic E-state index is 0.319. The second-order valence-corrected chi connectivity index (χ2v) is 9.04. The van der Waals surface area contributed by atoms with Crippen LogP contribution in [-0.4, -0.2) is 10.2 Å². The molecule has 3 aliphatic carbocycles. The Morgan fingerprint density at radius 1 is 0.750 bits per heavy atom. The minimum atomic E-state index is 0.319. The summed E-state index contributed by atoms with van der Waals surface area (Å²) in [5.74, 6) is 2.82. The van der Waals surface area contributed by atoms with E-state index in [0.717, 1.165) is 5.92 Å². The highest BCUT2D eigenvalue weighted by atomic mass is 16.3. The first-order valence-corrected chi connectivity index (χ1v) is 11.1. The molecule has 0 aromatic heterocycles. The van der Waals surface area contributed by atoms with E-state index in [1.807, 2.05) is 24.3 Å². The number of allylic oxidation sites excluding steroid dienone is 1. The van der Waals surface area contributed by atoms with Crippen LogP contribution in [0.1, 0.15) is 80.4 Å². The van der Waals surface area contributed by atoms with Crippen LogP contribution in [0.25, 0.3) is 5.57 Å². The van der Waals surface area contributed by atoms with Gasteiger partial charge in [0.1, 0.15) is 11.5 Å². The maximum absolute atomic E-state index is 10.3. The topological polar surface area (TPSA) is 40.5 Å². The third-order valence-corrected chi connectivity index (χ3v) is 7.47. The molecule has 2 unspecified atom stereocenters. The average Bonchev–Trinajstić information content (AvgIpc) is 3.43. The van der Waals surface area contributed by atoms with Gasteiger partial charge in [0.15, 0.2) is 0 Å². The van der Waals surface area contributed by atoms with E-state index in [0.29, 0.717) is 23.3 Å². The van der Waals surface area contributed by atoms with Crippen molar-refractivity contribution in [1.82, 2.24) is 0 Å². The fourth-order valence-electron chi connectivity index (χ4n) is 6.17. The van der Waals surface area contributed by atoms with Crippen molar-refractivity contribution in [3.63, 3.8) is 0 Å². The molecule has 0 bridgehead atoms.